The van der Waals surface area contributed by atoms with Gasteiger partial charge in [-0.25, -0.2) is 4.98 Å². The number of benzene rings is 1. The molecule has 2 aliphatic heterocycles. The molecular formula is C32H41BF2N4O. The van der Waals surface area contributed by atoms with Crippen LogP contribution in [0.25, 0.3) is 5.57 Å². The van der Waals surface area contributed by atoms with Crippen LogP contribution < -0.4 is 4.74 Å². The monoisotopic (exact) mass is 546 g/mol. The molecule has 2 aliphatic rings. The lowest BCUT2D eigenvalue weighted by Crippen LogP contribution is -2.51. The first-order valence-electron chi connectivity index (χ1n) is 14.7. The minimum absolute atomic E-state index is 0.581. The number of hydrogen-bond donors (Lipinski definition) is 0. The lowest BCUT2D eigenvalue weighted by atomic mass is 9.84. The average molecular weight is 547 g/mol. The minimum atomic E-state index is -3.96. The van der Waals surface area contributed by atoms with E-state index >= 15 is 8.63 Å². The summed E-state index contributed by atoms with van der Waals surface area (Å²) in [5.74, 6) is 0.819. The number of unbranched alkanes of at least 4 members (excludes halogenated alkanes) is 7. The number of allylic oxidation sites excluding steroid dienone is 2. The molecule has 2 aromatic heterocycles. The molecule has 0 aliphatic carbocycles. The molecular weight excluding hydrogens is 505 g/mol. The van der Waals surface area contributed by atoms with E-state index in [0.717, 1.165) is 41.0 Å². The lowest BCUT2D eigenvalue weighted by Gasteiger charge is -2.34. The number of nitrogens with zero attached hydrogens (tertiary/aromatic N) is 4. The van der Waals surface area contributed by atoms with Crippen LogP contribution in [-0.4, -0.2) is 37.8 Å². The molecule has 0 unspecified atom stereocenters. The van der Waals surface area contributed by atoms with Crippen LogP contribution in [0.2, 0.25) is 0 Å². The minimum Gasteiger partial charge on any atom is -0.494 e. The van der Waals surface area contributed by atoms with Gasteiger partial charge in [0.25, 0.3) is 0 Å². The van der Waals surface area contributed by atoms with Gasteiger partial charge in [-0.3, -0.25) is 0 Å². The van der Waals surface area contributed by atoms with E-state index in [1.165, 1.54) is 53.9 Å². The van der Waals surface area contributed by atoms with Crippen molar-refractivity contribution >= 4 is 18.3 Å². The summed E-state index contributed by atoms with van der Waals surface area (Å²) in [6, 6.07) is 9.81. The zero-order valence-electron chi connectivity index (χ0n) is 24.3. The van der Waals surface area contributed by atoms with E-state index in [0.29, 0.717) is 29.4 Å². The molecule has 0 radical (unpaired) electrons. The van der Waals surface area contributed by atoms with Crippen LogP contribution in [-0.2, 0) is 6.54 Å². The number of fused-ring (bicyclic) bond motifs is 2. The largest absolute Gasteiger partial charge is 0.737 e. The van der Waals surface area contributed by atoms with Crippen molar-refractivity contribution in [1.29, 1.82) is 0 Å². The molecule has 0 fully saturated rings. The Labute approximate surface area is 236 Å². The predicted molar refractivity (Wildman–Crippen MR) is 159 cm³/mol. The number of hydrogen-bond acceptors (Lipinski definition) is 2. The summed E-state index contributed by atoms with van der Waals surface area (Å²) in [6.07, 6.45) is 17.4. The van der Waals surface area contributed by atoms with Gasteiger partial charge in [0.2, 0.25) is 0 Å². The Morgan fingerprint density at radius 2 is 1.57 bits per heavy atom. The number of imidazole rings is 1. The fourth-order valence-electron chi connectivity index (χ4n) is 6.36. The normalized spacial score (nSPS) is 15.9. The first kappa shape index (κ1) is 28.1. The SMILES string of the molecule is CC1=CC(C)=[N+]2C1=C(c1ccc(OCCCCCCCCCCn3ccnc3)cc1)c1c(C)cc(C)n1[B-]2(F)F. The van der Waals surface area contributed by atoms with E-state index in [1.54, 1.807) is 13.8 Å². The van der Waals surface area contributed by atoms with E-state index in [1.807, 2.05) is 69.0 Å². The number of aromatic nitrogens is 3. The molecule has 8 heteroatoms. The predicted octanol–water partition coefficient (Wildman–Crippen LogP) is 7.93. The van der Waals surface area contributed by atoms with Gasteiger partial charge in [-0.15, -0.1) is 0 Å². The molecule has 4 heterocycles. The Hall–Kier alpha value is -3.42. The average Bonchev–Trinajstić information content (AvgIpc) is 3.62. The summed E-state index contributed by atoms with van der Waals surface area (Å²) in [4.78, 5) is 4.08. The molecule has 212 valence electrons. The Morgan fingerprint density at radius 3 is 2.25 bits per heavy atom. The zero-order valence-corrected chi connectivity index (χ0v) is 24.3. The molecule has 40 heavy (non-hydrogen) atoms. The fraction of sp³-hybridized carbons (Fsp3) is 0.438. The van der Waals surface area contributed by atoms with Gasteiger partial charge >= 0.3 is 6.97 Å². The molecule has 0 saturated carbocycles. The first-order valence-corrected chi connectivity index (χ1v) is 14.7. The van der Waals surface area contributed by atoms with Crippen molar-refractivity contribution in [3.63, 3.8) is 0 Å². The van der Waals surface area contributed by atoms with Gasteiger partial charge < -0.3 is 26.9 Å². The summed E-state index contributed by atoms with van der Waals surface area (Å²) in [5.41, 5.74) is 5.91. The van der Waals surface area contributed by atoms with Gasteiger partial charge in [0.15, 0.2) is 5.70 Å². The van der Waals surface area contributed by atoms with Crippen LogP contribution in [0, 0.1) is 13.8 Å². The van der Waals surface area contributed by atoms with Crippen LogP contribution in [0.1, 0.15) is 87.7 Å². The Bertz CT molecular complexity index is 1430. The maximum absolute atomic E-state index is 15.8. The van der Waals surface area contributed by atoms with Crippen molar-refractivity contribution in [2.75, 3.05) is 6.61 Å². The Morgan fingerprint density at radius 1 is 0.900 bits per heavy atom. The summed E-state index contributed by atoms with van der Waals surface area (Å²) in [6.45, 7) is 5.18. The number of halogens is 2. The number of rotatable bonds is 13. The van der Waals surface area contributed by atoms with Crippen LogP contribution in [0.5, 0.6) is 5.75 Å². The third kappa shape index (κ3) is 5.58. The Balaban J connectivity index is 1.13. The van der Waals surface area contributed by atoms with Gasteiger partial charge in [0.1, 0.15) is 11.5 Å². The highest BCUT2D eigenvalue weighted by Crippen LogP contribution is 2.44. The van der Waals surface area contributed by atoms with Gasteiger partial charge in [0, 0.05) is 43.2 Å². The summed E-state index contributed by atoms with van der Waals surface area (Å²) < 4.78 is 42.3. The van der Waals surface area contributed by atoms with E-state index in [2.05, 4.69) is 9.55 Å². The third-order valence-corrected chi connectivity index (χ3v) is 8.22. The van der Waals surface area contributed by atoms with Crippen molar-refractivity contribution < 1.29 is 17.9 Å². The lowest BCUT2D eigenvalue weighted by molar-refractivity contribution is -0.363. The van der Waals surface area contributed by atoms with Gasteiger partial charge in [0.05, 0.1) is 18.5 Å². The molecule has 1 aromatic carbocycles. The molecule has 0 saturated heterocycles. The van der Waals surface area contributed by atoms with Crippen LogP contribution in [0.4, 0.5) is 8.63 Å². The van der Waals surface area contributed by atoms with Crippen LogP contribution in [0.3, 0.4) is 0 Å². The van der Waals surface area contributed by atoms with Crippen molar-refractivity contribution in [2.45, 2.75) is 85.6 Å². The molecule has 5 nitrogen and oxygen atoms in total. The fourth-order valence-corrected chi connectivity index (χ4v) is 6.36. The second-order valence-corrected chi connectivity index (χ2v) is 11.3. The first-order chi connectivity index (χ1) is 19.3. The van der Waals surface area contributed by atoms with Crippen molar-refractivity contribution in [1.82, 2.24) is 14.0 Å². The van der Waals surface area contributed by atoms with E-state index < -0.39 is 6.97 Å². The molecule has 0 spiro atoms. The third-order valence-electron chi connectivity index (χ3n) is 8.22. The van der Waals surface area contributed by atoms with Crippen LogP contribution in [0.15, 0.2) is 66.4 Å². The maximum atomic E-state index is 15.8. The quantitative estimate of drug-likeness (QED) is 0.161. The highest BCUT2D eigenvalue weighted by molar-refractivity contribution is 6.58. The van der Waals surface area contributed by atoms with Gasteiger partial charge in [-0.2, -0.15) is 0 Å². The maximum Gasteiger partial charge on any atom is 0.737 e. The highest BCUT2D eigenvalue weighted by Gasteiger charge is 2.55. The number of ether oxygens (including phenoxy) is 1. The summed E-state index contributed by atoms with van der Waals surface area (Å²) >= 11 is 0. The topological polar surface area (TPSA) is 35.0 Å². The smallest absolute Gasteiger partial charge is 0.494 e. The molecule has 0 bridgehead atoms. The van der Waals surface area contributed by atoms with Gasteiger partial charge in [-0.1, -0.05) is 50.7 Å². The van der Waals surface area contributed by atoms with Crippen molar-refractivity contribution in [2.24, 2.45) is 0 Å². The Kier molecular flexibility index (Phi) is 8.43. The van der Waals surface area contributed by atoms with Crippen molar-refractivity contribution in [3.05, 3.63) is 88.9 Å². The van der Waals surface area contributed by atoms with E-state index in [-0.39, 0.29) is 0 Å². The highest BCUT2D eigenvalue weighted by atomic mass is 19.2. The van der Waals surface area contributed by atoms with Gasteiger partial charge in [-0.05, 0) is 68.6 Å². The van der Waals surface area contributed by atoms with Crippen molar-refractivity contribution in [3.8, 4) is 5.75 Å². The summed E-state index contributed by atoms with van der Waals surface area (Å²) in [5, 5.41) is 0. The number of aryl methyl sites for hydroxylation is 3. The van der Waals surface area contributed by atoms with E-state index in [9.17, 15) is 0 Å². The molecule has 0 N–H and O–H groups in total. The van der Waals surface area contributed by atoms with Crippen LogP contribution >= 0.6 is 0 Å². The molecule has 0 amide bonds. The van der Waals surface area contributed by atoms with E-state index in [4.69, 9.17) is 4.74 Å². The second-order valence-electron chi connectivity index (χ2n) is 11.3. The summed E-state index contributed by atoms with van der Waals surface area (Å²) in [7, 11) is 0. The molecule has 3 aromatic rings. The standard InChI is InChI=1S/C32H41BF2N4O/c1-24-21-26(3)38-31(24)30(32-25(2)22-27(4)39(32)33(38,34)35)28-13-15-29(16-14-28)40-20-12-10-8-6-5-7-9-11-18-37-19-17-36-23-37/h13-17,19,21-23H,5-12,18,20H2,1-4H3. The molecule has 0 atom stereocenters. The molecule has 5 rings (SSSR count). The second kappa shape index (κ2) is 12.0. The zero-order chi connectivity index (χ0) is 28.3.